The van der Waals surface area contributed by atoms with E-state index in [4.69, 9.17) is 0 Å². The molecule has 0 bridgehead atoms. The molecule has 29 rings (SSSR count). The molecule has 0 N–H and O–H groups in total. The molecule has 29 aromatic rings. The third-order valence-electron chi connectivity index (χ3n) is 29.3. The van der Waals surface area contributed by atoms with Crippen LogP contribution in [0.3, 0.4) is 0 Å². The topological polar surface area (TPSA) is 4.93 Å². The maximum Gasteiger partial charge on any atom is 0.0547 e. The highest BCUT2D eigenvalue weighted by molar-refractivity contribution is 6.31. The number of hydrogen-bond donors (Lipinski definition) is 0. The van der Waals surface area contributed by atoms with E-state index in [-0.39, 0.29) is 0 Å². The molecule has 0 aliphatic rings. The first-order valence-corrected chi connectivity index (χ1v) is 49.5. The molecule has 1 heteroatoms. The van der Waals surface area contributed by atoms with Gasteiger partial charge in [-0.25, -0.2) is 0 Å². The normalized spacial score (nSPS) is 11.5. The quantitative estimate of drug-likeness (QED) is 0.0898. The Kier molecular flexibility index (Phi) is 21.8. The van der Waals surface area contributed by atoms with Gasteiger partial charge in [0.15, 0.2) is 0 Å². The average molecular weight is 1810 g/mol. The van der Waals surface area contributed by atoms with Crippen LogP contribution in [0.25, 0.3) is 268 Å². The van der Waals surface area contributed by atoms with Gasteiger partial charge in [0.05, 0.1) is 11.0 Å². The molecule has 666 valence electrons. The summed E-state index contributed by atoms with van der Waals surface area (Å²) in [6, 6.07) is 205. The van der Waals surface area contributed by atoms with E-state index in [1.807, 2.05) is 0 Å². The maximum atomic E-state index is 2.40. The molecule has 0 fully saturated rings. The van der Waals surface area contributed by atoms with Crippen molar-refractivity contribution in [2.24, 2.45) is 0 Å². The molecule has 1 nitrogen and oxygen atoms in total. The molecule has 0 atom stereocenters. The number of benzene rings is 28. The molecule has 0 radical (unpaired) electrons. The monoisotopic (exact) mass is 1810 g/mol. The number of fused-ring (bicyclic) bond motifs is 12. The van der Waals surface area contributed by atoms with E-state index in [1.165, 1.54) is 268 Å². The molecular weight excluding hydrogens is 1720 g/mol. The minimum absolute atomic E-state index is 1.17. The summed E-state index contributed by atoms with van der Waals surface area (Å²) in [5.41, 5.74) is 28.9. The van der Waals surface area contributed by atoms with Crippen molar-refractivity contribution in [1.82, 2.24) is 4.57 Å². The lowest BCUT2D eigenvalue weighted by Crippen LogP contribution is -1.93. The molecule has 0 unspecified atom stereocenters. The zero-order valence-electron chi connectivity index (χ0n) is 78.6. The van der Waals surface area contributed by atoms with Crippen molar-refractivity contribution >= 4 is 151 Å². The van der Waals surface area contributed by atoms with E-state index in [9.17, 15) is 0 Å². The van der Waals surface area contributed by atoms with E-state index in [1.54, 1.807) is 0 Å². The second-order valence-corrected chi connectivity index (χ2v) is 37.3. The zero-order valence-corrected chi connectivity index (χ0v) is 78.6. The summed E-state index contributed by atoms with van der Waals surface area (Å²) in [5, 5.41) is 33.6. The van der Waals surface area contributed by atoms with Crippen molar-refractivity contribution in [3.63, 3.8) is 0 Å². The first-order valence-electron chi connectivity index (χ1n) is 49.5. The third-order valence-corrected chi connectivity index (χ3v) is 29.3. The summed E-state index contributed by atoms with van der Waals surface area (Å²) >= 11 is 0. The van der Waals surface area contributed by atoms with Crippen molar-refractivity contribution in [2.45, 2.75) is 0 Å². The first-order chi connectivity index (χ1) is 71.0. The van der Waals surface area contributed by atoms with Gasteiger partial charge in [-0.2, -0.15) is 0 Å². The van der Waals surface area contributed by atoms with Crippen LogP contribution in [0.4, 0.5) is 0 Å². The van der Waals surface area contributed by atoms with Crippen LogP contribution >= 0.6 is 0 Å². The van der Waals surface area contributed by atoms with Gasteiger partial charge < -0.3 is 4.57 Å². The Hall–Kier alpha value is -18.7. The van der Waals surface area contributed by atoms with Gasteiger partial charge in [0.1, 0.15) is 0 Å². The highest BCUT2D eigenvalue weighted by Crippen LogP contribution is 2.52. The molecule has 143 heavy (non-hydrogen) atoms. The Morgan fingerprint density at radius 1 is 0.105 bits per heavy atom. The zero-order chi connectivity index (χ0) is 94.6. The van der Waals surface area contributed by atoms with Crippen molar-refractivity contribution in [3.05, 3.63) is 564 Å². The Labute approximate surface area is 830 Å². The van der Waals surface area contributed by atoms with Gasteiger partial charge >= 0.3 is 0 Å². The van der Waals surface area contributed by atoms with E-state index in [2.05, 4.69) is 569 Å². The van der Waals surface area contributed by atoms with E-state index in [0.717, 1.165) is 0 Å². The number of aromatic nitrogens is 1. The summed E-state index contributed by atoms with van der Waals surface area (Å²) in [7, 11) is 0. The SMILES string of the molecule is c1ccc(-c2c3ccccc3c(-c3ccc(-c4ccc5c6ccccc6n(-c6ccccc6)c5c4)cc3)c3ccccc23)cc1.c1ccc(-c2c3ccccc3c(-c3ccc4ccc5cccc6ccc3c4c56)c3ccccc23)cc1.c1ccc(-c2c3ccccc3cc3ccccc23)cc1.c1ccc(-c2cc(-c3c4ccccc4c(-c4ccccc4)c4ccccc34)ccc2-c2ccc3ccccc3c2)cc1. The van der Waals surface area contributed by atoms with E-state index < -0.39 is 0 Å². The van der Waals surface area contributed by atoms with Crippen molar-refractivity contribution in [2.75, 3.05) is 0 Å². The third kappa shape index (κ3) is 15.2. The highest BCUT2D eigenvalue weighted by atomic mass is 15.0. The van der Waals surface area contributed by atoms with Gasteiger partial charge in [0.25, 0.3) is 0 Å². The van der Waals surface area contributed by atoms with Crippen molar-refractivity contribution in [1.29, 1.82) is 0 Å². The molecule has 0 amide bonds. The van der Waals surface area contributed by atoms with Gasteiger partial charge in [0, 0.05) is 16.5 Å². The minimum atomic E-state index is 1.17. The van der Waals surface area contributed by atoms with Gasteiger partial charge in [-0.05, 0) is 283 Å². The molecule has 0 saturated heterocycles. The lowest BCUT2D eigenvalue weighted by molar-refractivity contribution is 1.18. The second kappa shape index (κ2) is 36.7. The molecule has 0 aliphatic carbocycles. The Morgan fingerprint density at radius 2 is 0.392 bits per heavy atom. The number of nitrogens with zero attached hydrogens (tertiary/aromatic N) is 1. The summed E-state index contributed by atoms with van der Waals surface area (Å²) in [5.74, 6) is 0. The average Bonchev–Trinajstić information content (AvgIpc) is 1.39. The predicted octanol–water partition coefficient (Wildman–Crippen LogP) is 39.8. The van der Waals surface area contributed by atoms with Gasteiger partial charge in [-0.3, -0.25) is 0 Å². The van der Waals surface area contributed by atoms with Crippen molar-refractivity contribution < 1.29 is 0 Å². The lowest BCUT2D eigenvalue weighted by atomic mass is 9.83. The maximum absolute atomic E-state index is 2.40. The second-order valence-electron chi connectivity index (χ2n) is 37.3. The fraction of sp³-hybridized carbons (Fsp3) is 0. The minimum Gasteiger partial charge on any atom is -0.309 e. The summed E-state index contributed by atoms with van der Waals surface area (Å²) in [6.45, 7) is 0. The van der Waals surface area contributed by atoms with Crippen LogP contribution in [-0.4, -0.2) is 4.57 Å². The van der Waals surface area contributed by atoms with Crippen LogP contribution in [0.5, 0.6) is 0 Å². The largest absolute Gasteiger partial charge is 0.309 e. The van der Waals surface area contributed by atoms with Crippen LogP contribution < -0.4 is 0 Å². The molecule has 0 spiro atoms. The summed E-state index contributed by atoms with van der Waals surface area (Å²) in [6.07, 6.45) is 0. The first kappa shape index (κ1) is 84.8. The molecular formula is C142H93N. The summed E-state index contributed by atoms with van der Waals surface area (Å²) < 4.78 is 2.38. The smallest absolute Gasteiger partial charge is 0.0547 e. The summed E-state index contributed by atoms with van der Waals surface area (Å²) in [4.78, 5) is 0. The predicted molar refractivity (Wildman–Crippen MR) is 616 cm³/mol. The van der Waals surface area contributed by atoms with E-state index >= 15 is 0 Å². The van der Waals surface area contributed by atoms with Gasteiger partial charge in [0.2, 0.25) is 0 Å². The Morgan fingerprint density at radius 3 is 0.853 bits per heavy atom. The lowest BCUT2D eigenvalue weighted by Gasteiger charge is -2.20. The fourth-order valence-corrected chi connectivity index (χ4v) is 22.9. The van der Waals surface area contributed by atoms with Crippen LogP contribution in [0.15, 0.2) is 564 Å². The number of para-hydroxylation sites is 2. The van der Waals surface area contributed by atoms with Gasteiger partial charge in [-0.1, -0.05) is 522 Å². The molecule has 28 aromatic carbocycles. The van der Waals surface area contributed by atoms with Crippen LogP contribution in [0.1, 0.15) is 0 Å². The highest BCUT2D eigenvalue weighted by Gasteiger charge is 2.25. The Balaban J connectivity index is 0.000000100. The van der Waals surface area contributed by atoms with Crippen molar-refractivity contribution in [3.8, 4) is 117 Å². The van der Waals surface area contributed by atoms with Gasteiger partial charge in [-0.15, -0.1) is 0 Å². The molecule has 0 saturated carbocycles. The Bertz CT molecular complexity index is 9680. The molecule has 0 aliphatic heterocycles. The number of rotatable bonds is 11. The van der Waals surface area contributed by atoms with Crippen LogP contribution in [-0.2, 0) is 0 Å². The van der Waals surface area contributed by atoms with Crippen LogP contribution in [0.2, 0.25) is 0 Å². The molecule has 1 heterocycles. The van der Waals surface area contributed by atoms with E-state index in [0.29, 0.717) is 0 Å². The molecule has 1 aromatic heterocycles. The van der Waals surface area contributed by atoms with Crippen LogP contribution in [0, 0.1) is 0 Å². The number of hydrogen-bond acceptors (Lipinski definition) is 0. The fourth-order valence-electron chi connectivity index (χ4n) is 22.9. The standard InChI is InChI=1S/C44H29N.C42H28.C36H22.C20H14/c1-3-13-31(14-4-1)43-37-18-7-9-20-39(37)44(40-21-10-8-19-38(40)43)32-25-23-30(24-26-32)33-27-28-36-35-17-11-12-22-41(35)45(42(36)29-33)34-15-5-2-6-16-34;1-3-14-30(15-4-1)40-28-34(25-26-35(40)33-24-23-29-13-7-8-18-32(29)27-33)42-38-21-11-9-19-36(38)41(31-16-5-2-6-17-31)37-20-10-12-22-39(37)42;1-2-9-23(10-3-1)34-27-13-4-6-15-29(27)36(30-16-7-5-14-28(30)34)32-22-20-26-18-17-24-11-8-12-25-19-21-31(32)35(26)33(24)25;1-2-8-15(9-3-1)20-18-12-6-4-10-16(18)14-17-11-5-7-13-19(17)20/h1-29H;1-28H;1-22H;1-14H.